The molecule has 0 atom stereocenters. The van der Waals surface area contributed by atoms with E-state index in [0.717, 1.165) is 23.6 Å². The SMILES string of the molecule is CCN(Cc1ccccn1)c1ncccc1CO. The molecule has 0 radical (unpaired) electrons. The van der Waals surface area contributed by atoms with Crippen molar-refractivity contribution in [1.82, 2.24) is 9.97 Å². The van der Waals surface area contributed by atoms with Crippen LogP contribution in [0.2, 0.25) is 0 Å². The maximum atomic E-state index is 9.35. The normalized spacial score (nSPS) is 10.3. The van der Waals surface area contributed by atoms with Crippen LogP contribution in [0.5, 0.6) is 0 Å². The standard InChI is InChI=1S/C14H17N3O/c1-2-17(10-13-7-3-4-8-15-13)14-12(11-18)6-5-9-16-14/h3-9,18H,2,10-11H2,1H3. The van der Waals surface area contributed by atoms with E-state index < -0.39 is 0 Å². The maximum absolute atomic E-state index is 9.35. The Morgan fingerprint density at radius 3 is 2.61 bits per heavy atom. The number of aromatic nitrogens is 2. The molecule has 0 aliphatic heterocycles. The van der Waals surface area contributed by atoms with Crippen LogP contribution < -0.4 is 4.90 Å². The molecule has 2 aromatic rings. The summed E-state index contributed by atoms with van der Waals surface area (Å²) in [7, 11) is 0. The largest absolute Gasteiger partial charge is 0.392 e. The molecule has 2 heterocycles. The zero-order chi connectivity index (χ0) is 12.8. The van der Waals surface area contributed by atoms with E-state index in [4.69, 9.17) is 0 Å². The van der Waals surface area contributed by atoms with Gasteiger partial charge in [0.25, 0.3) is 0 Å². The summed E-state index contributed by atoms with van der Waals surface area (Å²) in [6.07, 6.45) is 3.53. The smallest absolute Gasteiger partial charge is 0.134 e. The topological polar surface area (TPSA) is 49.2 Å². The van der Waals surface area contributed by atoms with Gasteiger partial charge in [-0.05, 0) is 25.1 Å². The summed E-state index contributed by atoms with van der Waals surface area (Å²) in [6, 6.07) is 9.60. The molecule has 0 unspecified atom stereocenters. The van der Waals surface area contributed by atoms with Gasteiger partial charge in [0.05, 0.1) is 18.8 Å². The molecule has 18 heavy (non-hydrogen) atoms. The van der Waals surface area contributed by atoms with Crippen LogP contribution in [-0.4, -0.2) is 21.6 Å². The average molecular weight is 243 g/mol. The Labute approximate surface area is 107 Å². The molecule has 0 saturated heterocycles. The zero-order valence-electron chi connectivity index (χ0n) is 10.5. The van der Waals surface area contributed by atoms with Gasteiger partial charge in [-0.3, -0.25) is 4.98 Å². The van der Waals surface area contributed by atoms with Crippen molar-refractivity contribution >= 4 is 5.82 Å². The molecule has 0 aliphatic rings. The summed E-state index contributed by atoms with van der Waals surface area (Å²) in [5.74, 6) is 0.827. The molecule has 2 rings (SSSR count). The lowest BCUT2D eigenvalue weighted by Gasteiger charge is -2.23. The van der Waals surface area contributed by atoms with Gasteiger partial charge in [0.2, 0.25) is 0 Å². The van der Waals surface area contributed by atoms with E-state index in [9.17, 15) is 5.11 Å². The van der Waals surface area contributed by atoms with Crippen LogP contribution in [0.4, 0.5) is 5.82 Å². The summed E-state index contributed by atoms with van der Waals surface area (Å²) in [6.45, 7) is 3.59. The van der Waals surface area contributed by atoms with Gasteiger partial charge in [-0.1, -0.05) is 12.1 Å². The Morgan fingerprint density at radius 2 is 1.94 bits per heavy atom. The van der Waals surface area contributed by atoms with E-state index in [0.29, 0.717) is 6.54 Å². The minimum Gasteiger partial charge on any atom is -0.392 e. The van der Waals surface area contributed by atoms with Crippen molar-refractivity contribution < 1.29 is 5.11 Å². The van der Waals surface area contributed by atoms with Crippen molar-refractivity contribution in [3.05, 3.63) is 54.0 Å². The summed E-state index contributed by atoms with van der Waals surface area (Å²) >= 11 is 0. The highest BCUT2D eigenvalue weighted by molar-refractivity contribution is 5.46. The van der Waals surface area contributed by atoms with Crippen molar-refractivity contribution in [2.75, 3.05) is 11.4 Å². The van der Waals surface area contributed by atoms with Crippen molar-refractivity contribution in [3.8, 4) is 0 Å². The van der Waals surface area contributed by atoms with Gasteiger partial charge in [0.15, 0.2) is 0 Å². The quantitative estimate of drug-likeness (QED) is 0.872. The van der Waals surface area contributed by atoms with Crippen LogP contribution in [0.3, 0.4) is 0 Å². The number of anilines is 1. The predicted octanol–water partition coefficient (Wildman–Crippen LogP) is 2.00. The molecule has 0 spiro atoms. The van der Waals surface area contributed by atoms with Crippen LogP contribution in [0, 0.1) is 0 Å². The second-order valence-corrected chi connectivity index (χ2v) is 3.98. The second-order valence-electron chi connectivity index (χ2n) is 3.98. The summed E-state index contributed by atoms with van der Waals surface area (Å²) < 4.78 is 0. The van der Waals surface area contributed by atoms with Gasteiger partial charge in [0.1, 0.15) is 5.82 Å². The van der Waals surface area contributed by atoms with Crippen LogP contribution >= 0.6 is 0 Å². The van der Waals surface area contributed by atoms with Crippen LogP contribution in [-0.2, 0) is 13.2 Å². The van der Waals surface area contributed by atoms with Crippen molar-refractivity contribution in [2.24, 2.45) is 0 Å². The minimum atomic E-state index is 0.00188. The molecule has 0 aliphatic carbocycles. The van der Waals surface area contributed by atoms with E-state index >= 15 is 0 Å². The molecular formula is C14H17N3O. The van der Waals surface area contributed by atoms with Crippen molar-refractivity contribution in [2.45, 2.75) is 20.1 Å². The predicted molar refractivity (Wildman–Crippen MR) is 71.1 cm³/mol. The minimum absolute atomic E-state index is 0.00188. The molecular weight excluding hydrogens is 226 g/mol. The first-order valence-corrected chi connectivity index (χ1v) is 6.04. The van der Waals surface area contributed by atoms with Gasteiger partial charge in [-0.2, -0.15) is 0 Å². The number of nitrogens with zero attached hydrogens (tertiary/aromatic N) is 3. The molecule has 0 aromatic carbocycles. The Kier molecular flexibility index (Phi) is 4.25. The van der Waals surface area contributed by atoms with Crippen LogP contribution in [0.15, 0.2) is 42.7 Å². The molecule has 2 aromatic heterocycles. The van der Waals surface area contributed by atoms with Crippen LogP contribution in [0.25, 0.3) is 0 Å². The Hall–Kier alpha value is -1.94. The highest BCUT2D eigenvalue weighted by Gasteiger charge is 2.11. The van der Waals surface area contributed by atoms with E-state index in [1.165, 1.54) is 0 Å². The Morgan fingerprint density at radius 1 is 1.11 bits per heavy atom. The van der Waals surface area contributed by atoms with Crippen molar-refractivity contribution in [1.29, 1.82) is 0 Å². The lowest BCUT2D eigenvalue weighted by atomic mass is 10.2. The molecule has 4 nitrogen and oxygen atoms in total. The third kappa shape index (κ3) is 2.84. The first-order chi connectivity index (χ1) is 8.85. The molecule has 0 amide bonds. The number of pyridine rings is 2. The maximum Gasteiger partial charge on any atom is 0.134 e. The van der Waals surface area contributed by atoms with Crippen LogP contribution in [0.1, 0.15) is 18.2 Å². The Balaban J connectivity index is 2.23. The fourth-order valence-corrected chi connectivity index (χ4v) is 1.86. The number of hydrogen-bond acceptors (Lipinski definition) is 4. The lowest BCUT2D eigenvalue weighted by molar-refractivity contribution is 0.281. The van der Waals surface area contributed by atoms with Gasteiger partial charge >= 0.3 is 0 Å². The molecule has 1 N–H and O–H groups in total. The summed E-state index contributed by atoms with van der Waals surface area (Å²) in [5.41, 5.74) is 1.84. The van der Waals surface area contributed by atoms with Gasteiger partial charge < -0.3 is 10.0 Å². The fraction of sp³-hybridized carbons (Fsp3) is 0.286. The number of aliphatic hydroxyl groups excluding tert-OH is 1. The molecule has 0 fully saturated rings. The number of aliphatic hydroxyl groups is 1. The third-order valence-corrected chi connectivity index (χ3v) is 2.80. The summed E-state index contributed by atoms with van der Waals surface area (Å²) in [4.78, 5) is 10.8. The first kappa shape index (κ1) is 12.5. The lowest BCUT2D eigenvalue weighted by Crippen LogP contribution is -2.24. The molecule has 0 saturated carbocycles. The third-order valence-electron chi connectivity index (χ3n) is 2.80. The second kappa shape index (κ2) is 6.12. The molecule has 0 bridgehead atoms. The zero-order valence-corrected chi connectivity index (χ0v) is 10.5. The van der Waals surface area contributed by atoms with E-state index in [-0.39, 0.29) is 6.61 Å². The fourth-order valence-electron chi connectivity index (χ4n) is 1.86. The number of hydrogen-bond donors (Lipinski definition) is 1. The summed E-state index contributed by atoms with van der Waals surface area (Å²) in [5, 5.41) is 9.35. The van der Waals surface area contributed by atoms with Crippen molar-refractivity contribution in [3.63, 3.8) is 0 Å². The van der Waals surface area contributed by atoms with Gasteiger partial charge in [0, 0.05) is 24.5 Å². The van der Waals surface area contributed by atoms with E-state index in [1.54, 1.807) is 12.4 Å². The highest BCUT2D eigenvalue weighted by atomic mass is 16.3. The Bertz CT molecular complexity index is 487. The average Bonchev–Trinajstić information content (AvgIpc) is 2.46. The highest BCUT2D eigenvalue weighted by Crippen LogP contribution is 2.18. The molecule has 94 valence electrons. The van der Waals surface area contributed by atoms with Gasteiger partial charge in [-0.25, -0.2) is 4.98 Å². The van der Waals surface area contributed by atoms with E-state index in [1.807, 2.05) is 30.3 Å². The number of rotatable bonds is 5. The monoisotopic (exact) mass is 243 g/mol. The van der Waals surface area contributed by atoms with E-state index in [2.05, 4.69) is 21.8 Å². The van der Waals surface area contributed by atoms with Gasteiger partial charge in [-0.15, -0.1) is 0 Å². The molecule has 4 heteroatoms. The first-order valence-electron chi connectivity index (χ1n) is 6.04.